The average molecular weight is 549 g/mol. The minimum atomic E-state index is -0.346. The highest BCUT2D eigenvalue weighted by Gasteiger charge is 2.39. The van der Waals surface area contributed by atoms with E-state index in [-0.39, 0.29) is 41.7 Å². The van der Waals surface area contributed by atoms with Gasteiger partial charge in [-0.25, -0.2) is 0 Å². The number of carbonyl (C=O) groups is 2. The van der Waals surface area contributed by atoms with Crippen molar-refractivity contribution in [3.05, 3.63) is 65.2 Å². The maximum absolute atomic E-state index is 13.8. The van der Waals surface area contributed by atoms with Crippen molar-refractivity contribution in [2.75, 3.05) is 41.5 Å². The Labute approximate surface area is 232 Å². The van der Waals surface area contributed by atoms with Crippen LogP contribution < -0.4 is 29.0 Å². The van der Waals surface area contributed by atoms with E-state index in [1.165, 1.54) is 21.3 Å². The van der Waals surface area contributed by atoms with Gasteiger partial charge in [0.1, 0.15) is 5.75 Å². The first-order chi connectivity index (χ1) is 19.3. The van der Waals surface area contributed by atoms with Crippen LogP contribution in [-0.4, -0.2) is 69.4 Å². The van der Waals surface area contributed by atoms with E-state index in [2.05, 4.69) is 5.32 Å². The van der Waals surface area contributed by atoms with Crippen molar-refractivity contribution in [1.29, 1.82) is 0 Å². The molecule has 2 atom stereocenters. The predicted molar refractivity (Wildman–Crippen MR) is 146 cm³/mol. The van der Waals surface area contributed by atoms with Crippen molar-refractivity contribution in [2.45, 2.75) is 24.8 Å². The van der Waals surface area contributed by atoms with Gasteiger partial charge < -0.3 is 39.0 Å². The fraction of sp³-hybridized carbons (Fsp3) is 0.333. The molecule has 0 saturated carbocycles. The summed E-state index contributed by atoms with van der Waals surface area (Å²) in [5, 5.41) is 13.6. The summed E-state index contributed by atoms with van der Waals surface area (Å²) in [5.74, 6) is 1.76. The van der Waals surface area contributed by atoms with E-state index in [0.717, 1.165) is 11.1 Å². The number of hydrogen-bond acceptors (Lipinski definition) is 8. The summed E-state index contributed by atoms with van der Waals surface area (Å²) < 4.78 is 27.9. The first-order valence-corrected chi connectivity index (χ1v) is 12.9. The van der Waals surface area contributed by atoms with E-state index >= 15 is 0 Å². The zero-order chi connectivity index (χ0) is 28.4. The number of ether oxygens (including phenoxy) is 5. The number of aryl methyl sites for hydroxylation is 1. The number of nitrogens with zero attached hydrogens (tertiary/aromatic N) is 1. The summed E-state index contributed by atoms with van der Waals surface area (Å²) in [7, 11) is 6.05. The molecular formula is C30H32N2O8. The number of amides is 2. The second-order valence-electron chi connectivity index (χ2n) is 9.71. The number of rotatable bonds is 5. The molecule has 3 aromatic rings. The molecule has 3 aromatic carbocycles. The molecule has 2 N–H and O–H groups in total. The van der Waals surface area contributed by atoms with E-state index in [9.17, 15) is 14.7 Å². The van der Waals surface area contributed by atoms with E-state index < -0.39 is 0 Å². The van der Waals surface area contributed by atoms with Gasteiger partial charge in [-0.2, -0.15) is 0 Å². The summed E-state index contributed by atoms with van der Waals surface area (Å²) >= 11 is 0. The van der Waals surface area contributed by atoms with Crippen molar-refractivity contribution in [1.82, 2.24) is 10.2 Å². The molecule has 2 amide bonds. The Balaban J connectivity index is 1.52. The molecule has 2 heterocycles. The van der Waals surface area contributed by atoms with Gasteiger partial charge in [0.05, 0.1) is 40.0 Å². The van der Waals surface area contributed by atoms with Crippen LogP contribution in [0, 0.1) is 0 Å². The Morgan fingerprint density at radius 1 is 0.850 bits per heavy atom. The van der Waals surface area contributed by atoms with Crippen LogP contribution in [-0.2, 0) is 11.2 Å². The monoisotopic (exact) mass is 548 g/mol. The van der Waals surface area contributed by atoms with Gasteiger partial charge in [0.25, 0.3) is 5.91 Å². The van der Waals surface area contributed by atoms with Crippen LogP contribution >= 0.6 is 0 Å². The SMILES string of the molecule is COc1cc(OC)c(C(=O)N2C[C@H]3NC(=O)CCc4ccc(O)c(c4)Oc4cc(ccc4OC)[C@@H]3C2)cc1OC. The molecule has 2 aliphatic heterocycles. The van der Waals surface area contributed by atoms with Gasteiger partial charge in [0.2, 0.25) is 5.91 Å². The number of aromatic hydroxyl groups is 1. The van der Waals surface area contributed by atoms with Crippen molar-refractivity contribution in [2.24, 2.45) is 0 Å². The van der Waals surface area contributed by atoms with E-state index in [0.29, 0.717) is 53.8 Å². The lowest BCUT2D eigenvalue weighted by molar-refractivity contribution is -0.121. The standard InChI is InChI=1S/C30H32N2O8/c1-36-23-9-7-18-12-28(23)40-25-11-17(5-8-22(25)33)6-10-29(34)31-21-16-32(15-20(18)21)30(35)19-13-26(38-3)27(39-4)14-24(19)37-2/h5,7-9,11-14,20-21,33H,6,10,15-16H2,1-4H3,(H,31,34)/t20-,21+/m0/s1. The molecule has 40 heavy (non-hydrogen) atoms. The molecule has 0 spiro atoms. The molecule has 10 heteroatoms. The number of nitrogens with one attached hydrogen (secondary N) is 1. The maximum atomic E-state index is 13.8. The lowest BCUT2D eigenvalue weighted by atomic mass is 9.93. The van der Waals surface area contributed by atoms with E-state index in [1.807, 2.05) is 12.1 Å². The van der Waals surface area contributed by atoms with E-state index in [4.69, 9.17) is 23.7 Å². The van der Waals surface area contributed by atoms with Crippen LogP contribution in [0.1, 0.15) is 33.8 Å². The number of likely N-dealkylation sites (tertiary alicyclic amines) is 1. The molecule has 5 rings (SSSR count). The molecule has 0 unspecified atom stereocenters. The average Bonchev–Trinajstić information content (AvgIpc) is 3.39. The van der Waals surface area contributed by atoms with Crippen molar-refractivity contribution in [3.63, 3.8) is 0 Å². The van der Waals surface area contributed by atoms with Gasteiger partial charge in [-0.05, 0) is 41.8 Å². The minimum absolute atomic E-state index is 0.0186. The highest BCUT2D eigenvalue weighted by atomic mass is 16.5. The third-order valence-corrected chi connectivity index (χ3v) is 7.39. The fourth-order valence-electron chi connectivity index (χ4n) is 5.28. The smallest absolute Gasteiger partial charge is 0.257 e. The second-order valence-corrected chi connectivity index (χ2v) is 9.71. The number of phenolic OH excluding ortho intramolecular Hbond substituents is 1. The van der Waals surface area contributed by atoms with Gasteiger partial charge in [-0.1, -0.05) is 12.1 Å². The number of benzene rings is 3. The van der Waals surface area contributed by atoms with Crippen LogP contribution in [0.15, 0.2) is 48.5 Å². The summed E-state index contributed by atoms with van der Waals surface area (Å²) in [6.45, 7) is 0.634. The third-order valence-electron chi connectivity index (χ3n) is 7.39. The molecule has 1 fully saturated rings. The molecular weight excluding hydrogens is 516 g/mol. The van der Waals surface area contributed by atoms with Gasteiger partial charge in [-0.3, -0.25) is 9.59 Å². The molecule has 1 saturated heterocycles. The summed E-state index contributed by atoms with van der Waals surface area (Å²) in [6, 6.07) is 13.4. The van der Waals surface area contributed by atoms with Crippen LogP contribution in [0.3, 0.4) is 0 Å². The van der Waals surface area contributed by atoms with Gasteiger partial charge in [0, 0.05) is 37.6 Å². The third kappa shape index (κ3) is 5.16. The van der Waals surface area contributed by atoms with Crippen molar-refractivity contribution in [3.8, 4) is 40.2 Å². The zero-order valence-electron chi connectivity index (χ0n) is 22.9. The Morgan fingerprint density at radius 2 is 1.57 bits per heavy atom. The van der Waals surface area contributed by atoms with E-state index in [1.54, 1.807) is 48.4 Å². The number of phenols is 1. The minimum Gasteiger partial charge on any atom is -0.504 e. The number of carbonyl (C=O) groups excluding carboxylic acids is 2. The molecule has 0 aromatic heterocycles. The molecule has 0 aliphatic carbocycles. The van der Waals surface area contributed by atoms with Crippen molar-refractivity contribution >= 4 is 11.8 Å². The lowest BCUT2D eigenvalue weighted by Gasteiger charge is -2.21. The first kappa shape index (κ1) is 27.0. The van der Waals surface area contributed by atoms with Gasteiger partial charge >= 0.3 is 0 Å². The molecule has 0 radical (unpaired) electrons. The van der Waals surface area contributed by atoms with Crippen molar-refractivity contribution < 1.29 is 38.4 Å². The highest BCUT2D eigenvalue weighted by molar-refractivity contribution is 5.98. The fourth-order valence-corrected chi connectivity index (χ4v) is 5.28. The second kappa shape index (κ2) is 11.3. The molecule has 210 valence electrons. The highest BCUT2D eigenvalue weighted by Crippen LogP contribution is 2.41. The largest absolute Gasteiger partial charge is 0.504 e. The molecule has 4 bridgehead atoms. The van der Waals surface area contributed by atoms with Gasteiger partial charge in [-0.15, -0.1) is 0 Å². The zero-order valence-corrected chi connectivity index (χ0v) is 22.9. The lowest BCUT2D eigenvalue weighted by Crippen LogP contribution is -2.40. The molecule has 10 nitrogen and oxygen atoms in total. The Morgan fingerprint density at radius 3 is 2.30 bits per heavy atom. The number of fused-ring (bicyclic) bond motifs is 6. The molecule has 2 aliphatic rings. The van der Waals surface area contributed by atoms with Crippen LogP contribution in [0.4, 0.5) is 0 Å². The quantitative estimate of drug-likeness (QED) is 0.494. The summed E-state index contributed by atoms with van der Waals surface area (Å²) in [5.41, 5.74) is 2.02. The normalized spacial score (nSPS) is 18.2. The summed E-state index contributed by atoms with van der Waals surface area (Å²) in [4.78, 5) is 28.6. The Hall–Kier alpha value is -4.60. The number of hydrogen-bond donors (Lipinski definition) is 2. The summed E-state index contributed by atoms with van der Waals surface area (Å²) in [6.07, 6.45) is 0.700. The van der Waals surface area contributed by atoms with Crippen LogP contribution in [0.5, 0.6) is 40.2 Å². The Bertz CT molecular complexity index is 1440. The maximum Gasteiger partial charge on any atom is 0.257 e. The Kier molecular flexibility index (Phi) is 7.59. The van der Waals surface area contributed by atoms with Crippen LogP contribution in [0.25, 0.3) is 0 Å². The topological polar surface area (TPSA) is 116 Å². The van der Waals surface area contributed by atoms with Gasteiger partial charge in [0.15, 0.2) is 34.5 Å². The first-order valence-electron chi connectivity index (χ1n) is 12.9. The van der Waals surface area contributed by atoms with Crippen LogP contribution in [0.2, 0.25) is 0 Å². The predicted octanol–water partition coefficient (Wildman–Crippen LogP) is 3.89. The number of methoxy groups -OCH3 is 4.